The first-order valence-corrected chi connectivity index (χ1v) is 3.40. The summed E-state index contributed by atoms with van der Waals surface area (Å²) in [6.07, 6.45) is -1.27. The van der Waals surface area contributed by atoms with Crippen molar-refractivity contribution in [2.24, 2.45) is 0 Å². The molecule has 12 heavy (non-hydrogen) atoms. The van der Waals surface area contributed by atoms with E-state index in [-0.39, 0.29) is 0 Å². The third-order valence-electron chi connectivity index (χ3n) is 1.98. The molecule has 1 aliphatic heterocycles. The highest BCUT2D eigenvalue weighted by Crippen LogP contribution is 2.28. The summed E-state index contributed by atoms with van der Waals surface area (Å²) in [6.45, 7) is 3.13. The van der Waals surface area contributed by atoms with Crippen molar-refractivity contribution in [2.45, 2.75) is 25.4 Å². The Bertz CT molecular complexity index is 238. The molecule has 1 unspecified atom stereocenters. The van der Waals surface area contributed by atoms with Gasteiger partial charge in [-0.25, -0.2) is 9.86 Å². The molecule has 1 aliphatic rings. The lowest BCUT2D eigenvalue weighted by Crippen LogP contribution is -2.75. The fourth-order valence-corrected chi connectivity index (χ4v) is 1.13. The molecule has 0 spiro atoms. The molecule has 0 aromatic heterocycles. The molecule has 2 amide bonds. The van der Waals surface area contributed by atoms with E-state index in [1.54, 1.807) is 13.8 Å². The van der Waals surface area contributed by atoms with Crippen LogP contribution in [0.2, 0.25) is 0 Å². The van der Waals surface area contributed by atoms with Crippen LogP contribution in [0.3, 0.4) is 0 Å². The standard InChI is InChI=1S/C6H10N2O4/c1-6(2)3(7-5(10)11)4(9)8(6)12/h3,7,12H,1-2H3,(H,10,11). The first-order chi connectivity index (χ1) is 5.37. The van der Waals surface area contributed by atoms with E-state index in [1.807, 2.05) is 5.32 Å². The van der Waals surface area contributed by atoms with Gasteiger partial charge >= 0.3 is 6.09 Å². The first kappa shape index (κ1) is 8.79. The van der Waals surface area contributed by atoms with E-state index < -0.39 is 23.6 Å². The summed E-state index contributed by atoms with van der Waals surface area (Å²) in [5, 5.41) is 19.8. The number of β-lactam (4-membered cyclic amide) rings is 1. The van der Waals surface area contributed by atoms with Crippen molar-refractivity contribution in [2.75, 3.05) is 0 Å². The number of hydrogen-bond acceptors (Lipinski definition) is 3. The van der Waals surface area contributed by atoms with Gasteiger partial charge in [-0.1, -0.05) is 0 Å². The number of carbonyl (C=O) groups is 2. The van der Waals surface area contributed by atoms with Crippen LogP contribution in [0, 0.1) is 0 Å². The molecule has 1 rings (SSSR count). The molecular formula is C6H10N2O4. The zero-order chi connectivity index (χ0) is 9.52. The van der Waals surface area contributed by atoms with Crippen molar-refractivity contribution < 1.29 is 19.9 Å². The third kappa shape index (κ3) is 1.00. The molecule has 0 radical (unpaired) electrons. The van der Waals surface area contributed by atoms with E-state index in [0.29, 0.717) is 5.06 Å². The van der Waals surface area contributed by atoms with Crippen molar-refractivity contribution >= 4 is 12.0 Å². The quantitative estimate of drug-likeness (QED) is 0.374. The van der Waals surface area contributed by atoms with Crippen LogP contribution in [0.4, 0.5) is 4.79 Å². The van der Waals surface area contributed by atoms with Crippen LogP contribution in [-0.2, 0) is 4.79 Å². The first-order valence-electron chi connectivity index (χ1n) is 3.40. The number of rotatable bonds is 1. The van der Waals surface area contributed by atoms with Gasteiger partial charge in [-0.3, -0.25) is 10.0 Å². The zero-order valence-corrected chi connectivity index (χ0v) is 6.74. The van der Waals surface area contributed by atoms with Crippen molar-refractivity contribution in [1.29, 1.82) is 0 Å². The van der Waals surface area contributed by atoms with Crippen molar-refractivity contribution in [1.82, 2.24) is 10.4 Å². The molecule has 1 heterocycles. The molecule has 0 saturated carbocycles. The third-order valence-corrected chi connectivity index (χ3v) is 1.98. The lowest BCUT2D eigenvalue weighted by Gasteiger charge is -2.48. The summed E-state index contributed by atoms with van der Waals surface area (Å²) >= 11 is 0. The highest BCUT2D eigenvalue weighted by atomic mass is 16.5. The van der Waals surface area contributed by atoms with Crippen LogP contribution in [0.15, 0.2) is 0 Å². The average Bonchev–Trinajstić information content (AvgIpc) is 1.98. The molecule has 0 bridgehead atoms. The Morgan fingerprint density at radius 3 is 2.50 bits per heavy atom. The monoisotopic (exact) mass is 174 g/mol. The smallest absolute Gasteiger partial charge is 0.405 e. The van der Waals surface area contributed by atoms with Crippen LogP contribution in [0.1, 0.15) is 13.8 Å². The highest BCUT2D eigenvalue weighted by Gasteiger charge is 2.54. The zero-order valence-electron chi connectivity index (χ0n) is 6.74. The number of nitrogens with one attached hydrogen (secondary N) is 1. The second kappa shape index (κ2) is 2.34. The number of amides is 2. The van der Waals surface area contributed by atoms with Gasteiger partial charge in [-0.15, -0.1) is 0 Å². The van der Waals surface area contributed by atoms with E-state index in [1.165, 1.54) is 0 Å². The Balaban J connectivity index is 2.68. The molecule has 68 valence electrons. The van der Waals surface area contributed by atoms with Crippen molar-refractivity contribution in [3.63, 3.8) is 0 Å². The Morgan fingerprint density at radius 2 is 2.17 bits per heavy atom. The molecular weight excluding hydrogens is 164 g/mol. The lowest BCUT2D eigenvalue weighted by atomic mass is 9.85. The maximum atomic E-state index is 10.9. The van der Waals surface area contributed by atoms with Gasteiger partial charge in [0, 0.05) is 0 Å². The second-order valence-corrected chi connectivity index (χ2v) is 3.19. The van der Waals surface area contributed by atoms with E-state index in [2.05, 4.69) is 0 Å². The summed E-state index contributed by atoms with van der Waals surface area (Å²) in [7, 11) is 0. The number of hydrogen-bond donors (Lipinski definition) is 3. The predicted octanol–water partition coefficient (Wildman–Crippen LogP) is -0.367. The predicted molar refractivity (Wildman–Crippen MR) is 37.7 cm³/mol. The van der Waals surface area contributed by atoms with Crippen LogP contribution < -0.4 is 5.32 Å². The van der Waals surface area contributed by atoms with Gasteiger partial charge in [0.15, 0.2) is 0 Å². The minimum absolute atomic E-state index is 0.521. The summed E-state index contributed by atoms with van der Waals surface area (Å²) in [5.41, 5.74) is -0.852. The van der Waals surface area contributed by atoms with Crippen LogP contribution >= 0.6 is 0 Å². The summed E-state index contributed by atoms with van der Waals surface area (Å²) in [6, 6.07) is -0.847. The lowest BCUT2D eigenvalue weighted by molar-refractivity contribution is -0.230. The highest BCUT2D eigenvalue weighted by molar-refractivity contribution is 5.92. The maximum Gasteiger partial charge on any atom is 0.405 e. The van der Waals surface area contributed by atoms with Gasteiger partial charge in [0.2, 0.25) is 0 Å². The topological polar surface area (TPSA) is 89.9 Å². The van der Waals surface area contributed by atoms with Gasteiger partial charge in [-0.05, 0) is 13.8 Å². The Hall–Kier alpha value is -1.30. The fourth-order valence-electron chi connectivity index (χ4n) is 1.13. The van der Waals surface area contributed by atoms with Gasteiger partial charge in [0.1, 0.15) is 6.04 Å². The molecule has 0 aromatic rings. The average molecular weight is 174 g/mol. The van der Waals surface area contributed by atoms with Crippen LogP contribution in [0.25, 0.3) is 0 Å². The molecule has 0 aliphatic carbocycles. The van der Waals surface area contributed by atoms with E-state index in [9.17, 15) is 9.59 Å². The number of nitrogens with zero attached hydrogens (tertiary/aromatic N) is 1. The minimum atomic E-state index is -1.27. The minimum Gasteiger partial charge on any atom is -0.465 e. The van der Waals surface area contributed by atoms with E-state index in [0.717, 1.165) is 0 Å². The van der Waals surface area contributed by atoms with Gasteiger partial charge in [0.05, 0.1) is 5.54 Å². The van der Waals surface area contributed by atoms with Gasteiger partial charge in [0.25, 0.3) is 5.91 Å². The van der Waals surface area contributed by atoms with Crippen LogP contribution in [-0.4, -0.2) is 39.0 Å². The van der Waals surface area contributed by atoms with Crippen molar-refractivity contribution in [3.8, 4) is 0 Å². The molecule has 6 heteroatoms. The van der Waals surface area contributed by atoms with Crippen LogP contribution in [0.5, 0.6) is 0 Å². The molecule has 1 atom stereocenters. The van der Waals surface area contributed by atoms with Gasteiger partial charge in [-0.2, -0.15) is 0 Å². The summed E-state index contributed by atoms with van der Waals surface area (Å²) < 4.78 is 0. The summed E-state index contributed by atoms with van der Waals surface area (Å²) in [4.78, 5) is 21.0. The van der Waals surface area contributed by atoms with Crippen molar-refractivity contribution in [3.05, 3.63) is 0 Å². The van der Waals surface area contributed by atoms with Gasteiger partial charge < -0.3 is 10.4 Å². The SMILES string of the molecule is CC1(C)C(NC(=O)O)C(=O)N1O. The molecule has 0 aromatic carbocycles. The Morgan fingerprint density at radius 1 is 1.67 bits per heavy atom. The fraction of sp³-hybridized carbons (Fsp3) is 0.667. The number of carboxylic acid groups (broad SMARTS) is 1. The molecule has 1 fully saturated rings. The van der Waals surface area contributed by atoms with E-state index >= 15 is 0 Å². The molecule has 6 nitrogen and oxygen atoms in total. The Kier molecular flexibility index (Phi) is 1.72. The molecule has 1 saturated heterocycles. The summed E-state index contributed by atoms with van der Waals surface area (Å²) in [5.74, 6) is -0.623. The number of hydroxylamine groups is 2. The second-order valence-electron chi connectivity index (χ2n) is 3.19. The molecule has 3 N–H and O–H groups in total. The maximum absolute atomic E-state index is 10.9. The normalized spacial score (nSPS) is 26.4. The largest absolute Gasteiger partial charge is 0.465 e. The van der Waals surface area contributed by atoms with E-state index in [4.69, 9.17) is 10.3 Å². The Labute approximate surface area is 68.7 Å². The number of carbonyl (C=O) groups excluding carboxylic acids is 1.